The number of esters is 1. The van der Waals surface area contributed by atoms with Gasteiger partial charge in [-0.15, -0.1) is 0 Å². The summed E-state index contributed by atoms with van der Waals surface area (Å²) in [5, 5.41) is 9.11. The van der Waals surface area contributed by atoms with Crippen LogP contribution in [0.2, 0.25) is 0 Å². The molecule has 108 valence electrons. The largest absolute Gasteiger partial charge is 0.464 e. The molecule has 0 rings (SSSR count). The third-order valence-corrected chi connectivity index (χ3v) is 3.03. The summed E-state index contributed by atoms with van der Waals surface area (Å²) in [6.07, 6.45) is 8.82. The van der Waals surface area contributed by atoms with E-state index in [2.05, 4.69) is 6.92 Å². The van der Waals surface area contributed by atoms with Crippen LogP contribution in [0.5, 0.6) is 0 Å². The first-order valence-electron chi connectivity index (χ1n) is 7.19. The van der Waals surface area contributed by atoms with E-state index in [1.54, 1.807) is 0 Å². The van der Waals surface area contributed by atoms with Crippen LogP contribution in [0.15, 0.2) is 0 Å². The molecule has 3 N–H and O–H groups in total. The Morgan fingerprint density at radius 1 is 1.11 bits per heavy atom. The van der Waals surface area contributed by atoms with Gasteiger partial charge in [-0.05, 0) is 13.3 Å². The average Bonchev–Trinajstić information content (AvgIpc) is 2.35. The molecular weight excluding hydrogens is 230 g/mol. The second-order valence-corrected chi connectivity index (χ2v) is 4.91. The van der Waals surface area contributed by atoms with E-state index in [0.29, 0.717) is 6.61 Å². The Labute approximate surface area is 111 Å². The Hall–Kier alpha value is -0.610. The molecule has 0 aromatic rings. The monoisotopic (exact) mass is 259 g/mol. The van der Waals surface area contributed by atoms with E-state index < -0.39 is 18.1 Å². The number of hydrogen-bond acceptors (Lipinski definition) is 4. The maximum Gasteiger partial charge on any atom is 0.325 e. The fourth-order valence-electron chi connectivity index (χ4n) is 1.70. The standard InChI is InChI=1S/C14H29NO3/c1-3-4-5-6-7-8-9-10-11-18-14(17)13(15)12(2)16/h12-13,16H,3-11,15H2,1-2H3/t12?,13-/m0/s1. The van der Waals surface area contributed by atoms with Crippen molar-refractivity contribution in [3.8, 4) is 0 Å². The third kappa shape index (κ3) is 9.42. The number of aliphatic hydroxyl groups excluding tert-OH is 1. The molecule has 0 aliphatic heterocycles. The van der Waals surface area contributed by atoms with Crippen molar-refractivity contribution in [2.45, 2.75) is 77.4 Å². The highest BCUT2D eigenvalue weighted by atomic mass is 16.5. The normalized spacial score (nSPS) is 14.2. The van der Waals surface area contributed by atoms with Crippen LogP contribution in [0.4, 0.5) is 0 Å². The number of carbonyl (C=O) groups excluding carboxylic acids is 1. The van der Waals surface area contributed by atoms with Crippen molar-refractivity contribution in [3.05, 3.63) is 0 Å². The van der Waals surface area contributed by atoms with Crippen molar-refractivity contribution >= 4 is 5.97 Å². The number of hydrogen-bond donors (Lipinski definition) is 2. The fourth-order valence-corrected chi connectivity index (χ4v) is 1.70. The molecule has 0 aliphatic rings. The summed E-state index contributed by atoms with van der Waals surface area (Å²) in [5.74, 6) is -0.507. The lowest BCUT2D eigenvalue weighted by Crippen LogP contribution is -2.41. The van der Waals surface area contributed by atoms with Gasteiger partial charge in [0.05, 0.1) is 12.7 Å². The van der Waals surface area contributed by atoms with Gasteiger partial charge in [0.25, 0.3) is 0 Å². The van der Waals surface area contributed by atoms with Gasteiger partial charge < -0.3 is 15.6 Å². The molecule has 2 atom stereocenters. The van der Waals surface area contributed by atoms with Gasteiger partial charge in [-0.3, -0.25) is 4.79 Å². The average molecular weight is 259 g/mol. The predicted molar refractivity (Wildman–Crippen MR) is 73.2 cm³/mol. The zero-order valence-corrected chi connectivity index (χ0v) is 11.9. The van der Waals surface area contributed by atoms with Crippen LogP contribution in [0, 0.1) is 0 Å². The van der Waals surface area contributed by atoms with Crippen LogP contribution >= 0.6 is 0 Å². The Balaban J connectivity index is 3.27. The Kier molecular flexibility index (Phi) is 11.1. The van der Waals surface area contributed by atoms with Crippen LogP contribution < -0.4 is 5.73 Å². The highest BCUT2D eigenvalue weighted by Crippen LogP contribution is 2.08. The second kappa shape index (κ2) is 11.5. The molecule has 4 heteroatoms. The van der Waals surface area contributed by atoms with Crippen molar-refractivity contribution in [2.24, 2.45) is 5.73 Å². The summed E-state index contributed by atoms with van der Waals surface area (Å²) in [6.45, 7) is 4.11. The molecule has 0 saturated carbocycles. The van der Waals surface area contributed by atoms with E-state index >= 15 is 0 Å². The van der Waals surface area contributed by atoms with E-state index in [-0.39, 0.29) is 0 Å². The molecule has 0 fully saturated rings. The summed E-state index contributed by atoms with van der Waals surface area (Å²) in [6, 6.07) is -0.918. The maximum absolute atomic E-state index is 11.3. The van der Waals surface area contributed by atoms with Crippen molar-refractivity contribution in [1.82, 2.24) is 0 Å². The van der Waals surface area contributed by atoms with Gasteiger partial charge in [0.2, 0.25) is 0 Å². The summed E-state index contributed by atoms with van der Waals surface area (Å²) in [5.41, 5.74) is 5.44. The molecule has 0 aromatic heterocycles. The van der Waals surface area contributed by atoms with E-state index in [1.165, 1.54) is 45.4 Å². The highest BCUT2D eigenvalue weighted by molar-refractivity contribution is 5.76. The number of unbranched alkanes of at least 4 members (excludes halogenated alkanes) is 7. The molecule has 0 saturated heterocycles. The number of aliphatic hydroxyl groups is 1. The highest BCUT2D eigenvalue weighted by Gasteiger charge is 2.19. The van der Waals surface area contributed by atoms with Gasteiger partial charge in [-0.2, -0.15) is 0 Å². The van der Waals surface area contributed by atoms with Crippen molar-refractivity contribution in [3.63, 3.8) is 0 Å². The second-order valence-electron chi connectivity index (χ2n) is 4.91. The van der Waals surface area contributed by atoms with Crippen LogP contribution in [0.25, 0.3) is 0 Å². The lowest BCUT2D eigenvalue weighted by molar-refractivity contribution is -0.147. The predicted octanol–water partition coefficient (Wildman–Crippen LogP) is 2.38. The summed E-state index contributed by atoms with van der Waals surface area (Å²) < 4.78 is 4.99. The Morgan fingerprint density at radius 2 is 1.61 bits per heavy atom. The van der Waals surface area contributed by atoms with Crippen LogP contribution in [-0.2, 0) is 9.53 Å². The van der Waals surface area contributed by atoms with Gasteiger partial charge in [-0.25, -0.2) is 0 Å². The molecule has 0 aromatic carbocycles. The number of ether oxygens (including phenoxy) is 1. The van der Waals surface area contributed by atoms with Crippen molar-refractivity contribution < 1.29 is 14.6 Å². The molecule has 0 spiro atoms. The number of carbonyl (C=O) groups is 1. The molecule has 0 aliphatic carbocycles. The molecule has 0 radical (unpaired) electrons. The van der Waals surface area contributed by atoms with E-state index in [9.17, 15) is 4.79 Å². The zero-order valence-electron chi connectivity index (χ0n) is 11.9. The maximum atomic E-state index is 11.3. The van der Waals surface area contributed by atoms with Crippen LogP contribution in [0.3, 0.4) is 0 Å². The van der Waals surface area contributed by atoms with Gasteiger partial charge in [0.15, 0.2) is 0 Å². The molecular formula is C14H29NO3. The Bertz CT molecular complexity index is 207. The SMILES string of the molecule is CCCCCCCCCCOC(=O)[C@@H](N)C(C)O. The number of rotatable bonds is 11. The summed E-state index contributed by atoms with van der Waals surface area (Å²) in [4.78, 5) is 11.3. The zero-order chi connectivity index (χ0) is 13.8. The molecule has 0 bridgehead atoms. The van der Waals surface area contributed by atoms with E-state index in [4.69, 9.17) is 15.6 Å². The van der Waals surface area contributed by atoms with Gasteiger partial charge in [0, 0.05) is 0 Å². The summed E-state index contributed by atoms with van der Waals surface area (Å²) >= 11 is 0. The minimum atomic E-state index is -0.918. The number of nitrogens with two attached hydrogens (primary N) is 1. The van der Waals surface area contributed by atoms with Gasteiger partial charge in [-0.1, -0.05) is 51.9 Å². The van der Waals surface area contributed by atoms with Crippen molar-refractivity contribution in [1.29, 1.82) is 0 Å². The minimum Gasteiger partial charge on any atom is -0.464 e. The Morgan fingerprint density at radius 3 is 2.11 bits per heavy atom. The third-order valence-electron chi connectivity index (χ3n) is 3.03. The first-order valence-corrected chi connectivity index (χ1v) is 7.19. The topological polar surface area (TPSA) is 72.5 Å². The van der Waals surface area contributed by atoms with E-state index in [0.717, 1.165) is 12.8 Å². The molecule has 0 heterocycles. The quantitative estimate of drug-likeness (QED) is 0.441. The first kappa shape index (κ1) is 17.4. The smallest absolute Gasteiger partial charge is 0.325 e. The van der Waals surface area contributed by atoms with Crippen molar-refractivity contribution in [2.75, 3.05) is 6.61 Å². The molecule has 4 nitrogen and oxygen atoms in total. The van der Waals surface area contributed by atoms with Crippen LogP contribution in [0.1, 0.15) is 65.2 Å². The lowest BCUT2D eigenvalue weighted by Gasteiger charge is -2.13. The first-order chi connectivity index (χ1) is 8.59. The molecule has 18 heavy (non-hydrogen) atoms. The van der Waals surface area contributed by atoms with E-state index in [1.807, 2.05) is 0 Å². The van der Waals surface area contributed by atoms with Crippen LogP contribution in [-0.4, -0.2) is 29.8 Å². The molecule has 0 amide bonds. The minimum absolute atomic E-state index is 0.411. The molecule has 1 unspecified atom stereocenters. The fraction of sp³-hybridized carbons (Fsp3) is 0.929. The van der Waals surface area contributed by atoms with Gasteiger partial charge in [0.1, 0.15) is 6.04 Å². The van der Waals surface area contributed by atoms with Gasteiger partial charge >= 0.3 is 5.97 Å². The lowest BCUT2D eigenvalue weighted by atomic mass is 10.1. The summed E-state index contributed by atoms with van der Waals surface area (Å²) in [7, 11) is 0.